The minimum absolute atomic E-state index is 0.237. The minimum Gasteiger partial charge on any atom is -0.368 e. The van der Waals surface area contributed by atoms with E-state index >= 15 is 0 Å². The summed E-state index contributed by atoms with van der Waals surface area (Å²) < 4.78 is 0. The van der Waals surface area contributed by atoms with Crippen molar-refractivity contribution in [3.8, 4) is 0 Å². The number of amides is 2. The zero-order chi connectivity index (χ0) is 20.9. The summed E-state index contributed by atoms with van der Waals surface area (Å²) >= 11 is 0. The van der Waals surface area contributed by atoms with E-state index in [0.29, 0.717) is 13.1 Å². The van der Waals surface area contributed by atoms with Crippen LogP contribution in [-0.4, -0.2) is 110 Å². The molecular formula is C23H35N5O2. The first-order chi connectivity index (χ1) is 14.6. The molecule has 3 saturated heterocycles. The van der Waals surface area contributed by atoms with Crippen LogP contribution in [0.4, 0.5) is 5.69 Å². The van der Waals surface area contributed by atoms with Crippen LogP contribution in [0.1, 0.15) is 18.4 Å². The van der Waals surface area contributed by atoms with Crippen molar-refractivity contribution in [2.45, 2.75) is 19.8 Å². The van der Waals surface area contributed by atoms with E-state index in [1.54, 1.807) is 0 Å². The Morgan fingerprint density at radius 1 is 0.733 bits per heavy atom. The average Bonchev–Trinajstić information content (AvgIpc) is 3.30. The molecule has 0 bridgehead atoms. The molecule has 3 aliphatic rings. The number of likely N-dealkylation sites (tertiary alicyclic amines) is 1. The first kappa shape index (κ1) is 21.1. The van der Waals surface area contributed by atoms with Crippen molar-refractivity contribution in [3.05, 3.63) is 29.8 Å². The zero-order valence-electron chi connectivity index (χ0n) is 18.3. The Balaban J connectivity index is 1.17. The fraction of sp³-hybridized carbons (Fsp3) is 0.652. The topological polar surface area (TPSA) is 50.3 Å². The molecule has 0 unspecified atom stereocenters. The third-order valence-corrected chi connectivity index (χ3v) is 6.64. The first-order valence-electron chi connectivity index (χ1n) is 11.4. The quantitative estimate of drug-likeness (QED) is 0.718. The van der Waals surface area contributed by atoms with Gasteiger partial charge in [-0.15, -0.1) is 0 Å². The molecular weight excluding hydrogens is 378 g/mol. The van der Waals surface area contributed by atoms with Crippen LogP contribution in [0.3, 0.4) is 0 Å². The number of anilines is 1. The van der Waals surface area contributed by atoms with Gasteiger partial charge >= 0.3 is 0 Å². The van der Waals surface area contributed by atoms with E-state index in [1.807, 2.05) is 9.80 Å². The van der Waals surface area contributed by atoms with Crippen molar-refractivity contribution >= 4 is 17.5 Å². The molecule has 7 nitrogen and oxygen atoms in total. The summed E-state index contributed by atoms with van der Waals surface area (Å²) in [5.74, 6) is 0.504. The summed E-state index contributed by atoms with van der Waals surface area (Å²) in [4.78, 5) is 36.0. The van der Waals surface area contributed by atoms with Gasteiger partial charge in [-0.1, -0.05) is 12.1 Å². The van der Waals surface area contributed by atoms with Crippen LogP contribution in [0, 0.1) is 6.92 Å². The predicted octanol–water partition coefficient (Wildman–Crippen LogP) is 0.884. The smallest absolute Gasteiger partial charge is 0.236 e. The van der Waals surface area contributed by atoms with Crippen LogP contribution < -0.4 is 4.90 Å². The molecule has 1 aromatic rings. The molecule has 0 N–H and O–H groups in total. The number of carbonyl (C=O) groups is 2. The van der Waals surface area contributed by atoms with E-state index < -0.39 is 0 Å². The molecule has 3 heterocycles. The molecule has 3 fully saturated rings. The molecule has 7 heteroatoms. The largest absolute Gasteiger partial charge is 0.368 e. The number of hydrogen-bond donors (Lipinski definition) is 0. The van der Waals surface area contributed by atoms with Crippen LogP contribution in [0.25, 0.3) is 0 Å². The molecule has 0 atom stereocenters. The van der Waals surface area contributed by atoms with Gasteiger partial charge in [-0.05, 0) is 37.5 Å². The maximum Gasteiger partial charge on any atom is 0.236 e. The summed E-state index contributed by atoms with van der Waals surface area (Å²) in [6.07, 6.45) is 2.28. The van der Waals surface area contributed by atoms with Gasteiger partial charge in [0.25, 0.3) is 0 Å². The molecule has 0 spiro atoms. The van der Waals surface area contributed by atoms with Gasteiger partial charge in [0.15, 0.2) is 0 Å². The minimum atomic E-state index is 0.237. The van der Waals surface area contributed by atoms with Gasteiger partial charge < -0.3 is 14.7 Å². The number of nitrogens with zero attached hydrogens (tertiary/aromatic N) is 5. The van der Waals surface area contributed by atoms with Gasteiger partial charge in [0, 0.05) is 71.1 Å². The van der Waals surface area contributed by atoms with Gasteiger partial charge in [-0.25, -0.2) is 0 Å². The van der Waals surface area contributed by atoms with E-state index in [1.165, 1.54) is 11.3 Å². The molecule has 0 radical (unpaired) electrons. The third-order valence-electron chi connectivity index (χ3n) is 6.64. The lowest BCUT2D eigenvalue weighted by molar-refractivity contribution is -0.135. The van der Waals surface area contributed by atoms with Gasteiger partial charge in [0.2, 0.25) is 11.8 Å². The summed E-state index contributed by atoms with van der Waals surface area (Å²) in [6.45, 7) is 11.8. The number of carbonyl (C=O) groups excluding carboxylic acids is 2. The van der Waals surface area contributed by atoms with E-state index in [9.17, 15) is 9.59 Å². The molecule has 4 rings (SSSR count). The second-order valence-corrected chi connectivity index (χ2v) is 8.85. The Bertz CT molecular complexity index is 733. The Morgan fingerprint density at radius 2 is 1.27 bits per heavy atom. The Hall–Kier alpha value is -2.12. The van der Waals surface area contributed by atoms with Crippen molar-refractivity contribution in [1.82, 2.24) is 19.6 Å². The van der Waals surface area contributed by atoms with E-state index in [4.69, 9.17) is 0 Å². The molecule has 3 aliphatic heterocycles. The number of benzene rings is 1. The normalized spacial score (nSPS) is 21.3. The van der Waals surface area contributed by atoms with Gasteiger partial charge in [0.1, 0.15) is 0 Å². The highest BCUT2D eigenvalue weighted by molar-refractivity contribution is 5.79. The first-order valence-corrected chi connectivity index (χ1v) is 11.4. The van der Waals surface area contributed by atoms with Crippen LogP contribution >= 0.6 is 0 Å². The van der Waals surface area contributed by atoms with Crippen molar-refractivity contribution < 1.29 is 9.59 Å². The fourth-order valence-corrected chi connectivity index (χ4v) is 4.69. The standard InChI is InChI=1S/C23H35N5O2/c1-20-5-4-6-21(17-20)26-13-15-28(16-14-26)23(30)19-25-11-9-24(10-12-25)18-22(29)27-7-2-3-8-27/h4-6,17H,2-3,7-16,18-19H2,1H3. The summed E-state index contributed by atoms with van der Waals surface area (Å²) in [6, 6.07) is 8.58. The van der Waals surface area contributed by atoms with E-state index in [0.717, 1.165) is 78.3 Å². The summed E-state index contributed by atoms with van der Waals surface area (Å²) in [7, 11) is 0. The Morgan fingerprint density at radius 3 is 1.80 bits per heavy atom. The lowest BCUT2D eigenvalue weighted by Gasteiger charge is -2.38. The Kier molecular flexibility index (Phi) is 6.89. The van der Waals surface area contributed by atoms with Gasteiger partial charge in [0.05, 0.1) is 13.1 Å². The number of piperazine rings is 2. The fourth-order valence-electron chi connectivity index (χ4n) is 4.69. The van der Waals surface area contributed by atoms with Crippen LogP contribution in [-0.2, 0) is 9.59 Å². The van der Waals surface area contributed by atoms with Crippen LogP contribution in [0.2, 0.25) is 0 Å². The molecule has 0 saturated carbocycles. The SMILES string of the molecule is Cc1cccc(N2CCN(C(=O)CN3CCN(CC(=O)N4CCCC4)CC3)CC2)c1. The third kappa shape index (κ3) is 5.32. The van der Waals surface area contributed by atoms with Crippen molar-refractivity contribution in [3.63, 3.8) is 0 Å². The van der Waals surface area contributed by atoms with Crippen LogP contribution in [0.5, 0.6) is 0 Å². The number of hydrogen-bond acceptors (Lipinski definition) is 5. The number of rotatable bonds is 5. The predicted molar refractivity (Wildman–Crippen MR) is 119 cm³/mol. The number of aryl methyl sites for hydroxylation is 1. The molecule has 1 aromatic carbocycles. The van der Waals surface area contributed by atoms with E-state index in [2.05, 4.69) is 45.9 Å². The lowest BCUT2D eigenvalue weighted by atomic mass is 10.2. The molecule has 0 aromatic heterocycles. The van der Waals surface area contributed by atoms with E-state index in [-0.39, 0.29) is 11.8 Å². The summed E-state index contributed by atoms with van der Waals surface area (Å²) in [5, 5.41) is 0. The maximum atomic E-state index is 12.8. The zero-order valence-corrected chi connectivity index (χ0v) is 18.3. The van der Waals surface area contributed by atoms with Gasteiger partial charge in [-0.2, -0.15) is 0 Å². The summed E-state index contributed by atoms with van der Waals surface area (Å²) in [5.41, 5.74) is 2.52. The monoisotopic (exact) mass is 413 g/mol. The van der Waals surface area contributed by atoms with Crippen molar-refractivity contribution in [2.75, 3.05) is 83.4 Å². The molecule has 30 heavy (non-hydrogen) atoms. The van der Waals surface area contributed by atoms with Crippen molar-refractivity contribution in [2.24, 2.45) is 0 Å². The van der Waals surface area contributed by atoms with Gasteiger partial charge in [-0.3, -0.25) is 19.4 Å². The average molecular weight is 414 g/mol. The highest BCUT2D eigenvalue weighted by Crippen LogP contribution is 2.18. The Labute approximate surface area is 180 Å². The van der Waals surface area contributed by atoms with Crippen molar-refractivity contribution in [1.29, 1.82) is 0 Å². The van der Waals surface area contributed by atoms with Crippen LogP contribution in [0.15, 0.2) is 24.3 Å². The lowest BCUT2D eigenvalue weighted by Crippen LogP contribution is -2.54. The molecule has 2 amide bonds. The molecule has 0 aliphatic carbocycles. The second kappa shape index (κ2) is 9.79. The second-order valence-electron chi connectivity index (χ2n) is 8.85. The maximum absolute atomic E-state index is 12.8. The highest BCUT2D eigenvalue weighted by atomic mass is 16.2. The highest BCUT2D eigenvalue weighted by Gasteiger charge is 2.26. The molecule has 164 valence electrons.